The van der Waals surface area contributed by atoms with Crippen LogP contribution in [0.5, 0.6) is 0 Å². The van der Waals surface area contributed by atoms with E-state index in [0.717, 1.165) is 33.2 Å². The molecule has 0 amide bonds. The number of aryl methyl sites for hydroxylation is 1. The van der Waals surface area contributed by atoms with E-state index in [2.05, 4.69) is 23.8 Å². The highest BCUT2D eigenvalue weighted by Crippen LogP contribution is 2.34. The Morgan fingerprint density at radius 3 is 2.84 bits per heavy atom. The van der Waals surface area contributed by atoms with Crippen LogP contribution in [0.25, 0.3) is 11.0 Å². The van der Waals surface area contributed by atoms with Gasteiger partial charge in [-0.3, -0.25) is 0 Å². The Morgan fingerprint density at radius 2 is 2.11 bits per heavy atom. The highest BCUT2D eigenvalue weighted by molar-refractivity contribution is 7.71. The number of hydrogen-bond donors (Lipinski definition) is 1. The zero-order valence-corrected chi connectivity index (χ0v) is 12.0. The zero-order chi connectivity index (χ0) is 13.8. The van der Waals surface area contributed by atoms with Crippen molar-refractivity contribution < 1.29 is 4.74 Å². The largest absolute Gasteiger partial charge is 0.383 e. The summed E-state index contributed by atoms with van der Waals surface area (Å²) in [6, 6.07) is 0. The van der Waals surface area contributed by atoms with Crippen molar-refractivity contribution in [3.05, 3.63) is 22.1 Å². The molecule has 1 aliphatic rings. The first-order valence-corrected chi connectivity index (χ1v) is 6.56. The van der Waals surface area contributed by atoms with Gasteiger partial charge in [-0.15, -0.1) is 0 Å². The molecule has 0 fully saturated rings. The summed E-state index contributed by atoms with van der Waals surface area (Å²) in [5, 5.41) is 0.907. The first-order valence-electron chi connectivity index (χ1n) is 6.15. The van der Waals surface area contributed by atoms with Gasteiger partial charge in [0.1, 0.15) is 22.4 Å². The summed E-state index contributed by atoms with van der Waals surface area (Å²) in [4.78, 5) is 8.44. The van der Waals surface area contributed by atoms with E-state index in [9.17, 15) is 0 Å². The second kappa shape index (κ2) is 3.98. The monoisotopic (exact) mass is 276 g/mol. The van der Waals surface area contributed by atoms with Gasteiger partial charge in [0.15, 0.2) is 0 Å². The maximum Gasteiger partial charge on any atom is 0.146 e. The predicted octanol–water partition coefficient (Wildman–Crippen LogP) is 2.13. The maximum absolute atomic E-state index is 6.05. The van der Waals surface area contributed by atoms with Crippen molar-refractivity contribution >= 4 is 29.1 Å². The molecule has 0 bridgehead atoms. The lowest BCUT2D eigenvalue weighted by atomic mass is 9.90. The van der Waals surface area contributed by atoms with E-state index in [1.54, 1.807) is 0 Å². The molecule has 2 aromatic rings. The summed E-state index contributed by atoms with van der Waals surface area (Å²) < 4.78 is 8.49. The third-order valence-electron chi connectivity index (χ3n) is 3.61. The topological polar surface area (TPSA) is 66.0 Å². The second-order valence-electron chi connectivity index (χ2n) is 5.50. The molecule has 0 radical (unpaired) electrons. The average Bonchev–Trinajstić information content (AvgIpc) is 2.34. The Kier molecular flexibility index (Phi) is 2.62. The lowest BCUT2D eigenvalue weighted by Crippen LogP contribution is -2.33. The number of ether oxygens (including phenoxy) is 1. The molecule has 0 aromatic carbocycles. The third kappa shape index (κ3) is 1.82. The molecule has 2 N–H and O–H groups in total. The van der Waals surface area contributed by atoms with Crippen molar-refractivity contribution in [1.29, 1.82) is 0 Å². The van der Waals surface area contributed by atoms with Gasteiger partial charge >= 0.3 is 0 Å². The number of nitrogens with zero attached hydrogens (tertiary/aromatic N) is 3. The van der Waals surface area contributed by atoms with E-state index in [0.29, 0.717) is 12.4 Å². The number of fused-ring (bicyclic) bond motifs is 3. The zero-order valence-electron chi connectivity index (χ0n) is 11.2. The predicted molar refractivity (Wildman–Crippen MR) is 76.3 cm³/mol. The number of pyridine rings is 1. The molecule has 0 saturated carbocycles. The second-order valence-corrected chi connectivity index (χ2v) is 5.89. The van der Waals surface area contributed by atoms with E-state index in [-0.39, 0.29) is 5.60 Å². The fraction of sp³-hybridized carbons (Fsp3) is 0.462. The lowest BCUT2D eigenvalue weighted by Gasteiger charge is -2.33. The molecule has 100 valence electrons. The molecular weight excluding hydrogens is 260 g/mol. The molecule has 6 heteroatoms. The van der Waals surface area contributed by atoms with Crippen molar-refractivity contribution in [2.24, 2.45) is 7.05 Å². The van der Waals surface area contributed by atoms with Crippen LogP contribution >= 0.6 is 12.2 Å². The number of hydrogen-bond acceptors (Lipinski definition) is 5. The fourth-order valence-electron chi connectivity index (χ4n) is 2.60. The molecule has 0 atom stereocenters. The molecule has 2 aromatic heterocycles. The fourth-order valence-corrected chi connectivity index (χ4v) is 2.87. The summed E-state index contributed by atoms with van der Waals surface area (Å²) in [5.41, 5.74) is 8.78. The van der Waals surface area contributed by atoms with Crippen LogP contribution in [-0.4, -0.2) is 20.1 Å². The van der Waals surface area contributed by atoms with E-state index in [4.69, 9.17) is 22.7 Å². The molecular formula is C13H16N4OS. The number of anilines is 1. The minimum Gasteiger partial charge on any atom is -0.383 e. The number of nitrogen functional groups attached to an aromatic ring is 1. The summed E-state index contributed by atoms with van der Waals surface area (Å²) in [6.45, 7) is 4.65. The molecule has 5 nitrogen and oxygen atoms in total. The van der Waals surface area contributed by atoms with Gasteiger partial charge in [-0.2, -0.15) is 0 Å². The highest BCUT2D eigenvalue weighted by Gasteiger charge is 2.30. The number of rotatable bonds is 0. The molecule has 0 unspecified atom stereocenters. The lowest BCUT2D eigenvalue weighted by molar-refractivity contribution is -0.0401. The quantitative estimate of drug-likeness (QED) is 0.747. The van der Waals surface area contributed by atoms with Crippen molar-refractivity contribution in [3.8, 4) is 0 Å². The summed E-state index contributed by atoms with van der Waals surface area (Å²) in [6.07, 6.45) is 2.24. The standard InChI is InChI=1S/C13H16N4OS/c1-13(2)4-7-8(5-18-13)12(19)17(3)11-9(7)10(14)15-6-16-11/h6H,4-5H2,1-3H3,(H2,14,15,16). The molecule has 19 heavy (non-hydrogen) atoms. The van der Waals surface area contributed by atoms with Crippen molar-refractivity contribution in [2.75, 3.05) is 5.73 Å². The van der Waals surface area contributed by atoms with Crippen LogP contribution < -0.4 is 5.73 Å². The van der Waals surface area contributed by atoms with Crippen LogP contribution in [0, 0.1) is 4.64 Å². The Bertz CT molecular complexity index is 735. The molecule has 1 aliphatic heterocycles. The van der Waals surface area contributed by atoms with Gasteiger partial charge in [0.05, 0.1) is 17.6 Å². The van der Waals surface area contributed by atoms with Crippen LogP contribution in [0.4, 0.5) is 5.82 Å². The van der Waals surface area contributed by atoms with Gasteiger partial charge in [-0.05, 0) is 19.4 Å². The Hall–Kier alpha value is -1.53. The molecule has 0 spiro atoms. The van der Waals surface area contributed by atoms with E-state index in [1.165, 1.54) is 6.33 Å². The van der Waals surface area contributed by atoms with Crippen molar-refractivity contribution in [2.45, 2.75) is 32.5 Å². The molecule has 0 saturated heterocycles. The van der Waals surface area contributed by atoms with Gasteiger partial charge in [0.2, 0.25) is 0 Å². The summed E-state index contributed by atoms with van der Waals surface area (Å²) in [7, 11) is 1.90. The Morgan fingerprint density at radius 1 is 1.37 bits per heavy atom. The van der Waals surface area contributed by atoms with Gasteiger partial charge in [0, 0.05) is 19.0 Å². The van der Waals surface area contributed by atoms with E-state index >= 15 is 0 Å². The summed E-state index contributed by atoms with van der Waals surface area (Å²) >= 11 is 5.51. The van der Waals surface area contributed by atoms with E-state index in [1.807, 2.05) is 11.6 Å². The van der Waals surface area contributed by atoms with Crippen LogP contribution in [0.15, 0.2) is 6.33 Å². The minimum atomic E-state index is -0.218. The first kappa shape index (κ1) is 12.5. The van der Waals surface area contributed by atoms with Crippen molar-refractivity contribution in [3.63, 3.8) is 0 Å². The van der Waals surface area contributed by atoms with E-state index < -0.39 is 0 Å². The van der Waals surface area contributed by atoms with Crippen LogP contribution in [0.3, 0.4) is 0 Å². The normalized spacial score (nSPS) is 17.4. The maximum atomic E-state index is 6.05. The average molecular weight is 276 g/mol. The Balaban J connectivity index is 2.46. The van der Waals surface area contributed by atoms with Crippen LogP contribution in [-0.2, 0) is 24.8 Å². The third-order valence-corrected chi connectivity index (χ3v) is 4.13. The SMILES string of the molecule is Cn1c(=S)c2c(c3c(N)ncnc31)CC(C)(C)OC2. The number of aromatic nitrogens is 3. The molecule has 3 rings (SSSR count). The first-order chi connectivity index (χ1) is 8.91. The van der Waals surface area contributed by atoms with Crippen molar-refractivity contribution in [1.82, 2.24) is 14.5 Å². The minimum absolute atomic E-state index is 0.218. The van der Waals surface area contributed by atoms with Gasteiger partial charge in [0.25, 0.3) is 0 Å². The Labute approximate surface area is 116 Å². The molecule has 0 aliphatic carbocycles. The smallest absolute Gasteiger partial charge is 0.146 e. The van der Waals surface area contributed by atoms with Gasteiger partial charge < -0.3 is 15.0 Å². The number of nitrogens with two attached hydrogens (primary N) is 1. The van der Waals surface area contributed by atoms with Crippen LogP contribution in [0.1, 0.15) is 25.0 Å². The van der Waals surface area contributed by atoms with Gasteiger partial charge in [-0.25, -0.2) is 9.97 Å². The highest BCUT2D eigenvalue weighted by atomic mass is 32.1. The van der Waals surface area contributed by atoms with Crippen LogP contribution in [0.2, 0.25) is 0 Å². The molecule has 3 heterocycles. The summed E-state index contributed by atoms with van der Waals surface area (Å²) in [5.74, 6) is 0.504. The van der Waals surface area contributed by atoms with Gasteiger partial charge in [-0.1, -0.05) is 12.2 Å².